The van der Waals surface area contributed by atoms with Crippen molar-refractivity contribution in [3.63, 3.8) is 0 Å². The first-order chi connectivity index (χ1) is 18.3. The summed E-state index contributed by atoms with van der Waals surface area (Å²) >= 11 is 0. The standard InChI is InChI=1S/C26H29N7O5S/c1-15-6-7-19(14-22(15)39(27,37)38)33(24(34)12-16(2)25(35)36)26-28-11-10-23(29-26)31(4)18-8-9-20-17(3)32(5)30-21(20)13-18/h6-11,13-14,16H,12H2,1-5H3,(H,35,36)(H2,27,37,38)/t16-/m0/s1. The summed E-state index contributed by atoms with van der Waals surface area (Å²) in [7, 11) is -0.428. The van der Waals surface area contributed by atoms with E-state index in [1.807, 2.05) is 32.2 Å². The van der Waals surface area contributed by atoms with Crippen molar-refractivity contribution in [2.45, 2.75) is 32.1 Å². The molecule has 12 nitrogen and oxygen atoms in total. The third-order valence-corrected chi connectivity index (χ3v) is 7.61. The van der Waals surface area contributed by atoms with Crippen LogP contribution in [0, 0.1) is 19.8 Å². The van der Waals surface area contributed by atoms with Crippen molar-refractivity contribution in [3.8, 4) is 0 Å². The largest absolute Gasteiger partial charge is 0.481 e. The van der Waals surface area contributed by atoms with Crippen molar-refractivity contribution in [1.29, 1.82) is 0 Å². The lowest BCUT2D eigenvalue weighted by Crippen LogP contribution is -2.31. The molecule has 0 saturated carbocycles. The van der Waals surface area contributed by atoms with Crippen LogP contribution in [0.3, 0.4) is 0 Å². The summed E-state index contributed by atoms with van der Waals surface area (Å²) in [6.07, 6.45) is 1.10. The molecule has 39 heavy (non-hydrogen) atoms. The van der Waals surface area contributed by atoms with Crippen molar-refractivity contribution >= 4 is 55.9 Å². The average Bonchev–Trinajstić information content (AvgIpc) is 3.16. The highest BCUT2D eigenvalue weighted by Gasteiger charge is 2.27. The maximum Gasteiger partial charge on any atom is 0.306 e. The van der Waals surface area contributed by atoms with Gasteiger partial charge in [-0.2, -0.15) is 10.1 Å². The number of aliphatic carboxylic acids is 1. The van der Waals surface area contributed by atoms with Gasteiger partial charge in [0.15, 0.2) is 0 Å². The van der Waals surface area contributed by atoms with E-state index in [-0.39, 0.29) is 23.0 Å². The molecular formula is C26H29N7O5S. The van der Waals surface area contributed by atoms with Gasteiger partial charge in [-0.3, -0.25) is 14.3 Å². The van der Waals surface area contributed by atoms with Crippen LogP contribution in [0.4, 0.5) is 23.1 Å². The van der Waals surface area contributed by atoms with Crippen LogP contribution in [-0.4, -0.2) is 52.2 Å². The van der Waals surface area contributed by atoms with Gasteiger partial charge in [0.05, 0.1) is 22.0 Å². The zero-order valence-electron chi connectivity index (χ0n) is 22.2. The Bertz CT molecular complexity index is 1700. The van der Waals surface area contributed by atoms with Crippen LogP contribution in [0.1, 0.15) is 24.6 Å². The fourth-order valence-electron chi connectivity index (χ4n) is 4.14. The number of aryl methyl sites for hydroxylation is 3. The van der Waals surface area contributed by atoms with Crippen molar-refractivity contribution in [1.82, 2.24) is 19.7 Å². The molecular weight excluding hydrogens is 522 g/mol. The second kappa shape index (κ2) is 10.4. The highest BCUT2D eigenvalue weighted by molar-refractivity contribution is 7.89. The van der Waals surface area contributed by atoms with Gasteiger partial charge >= 0.3 is 5.97 Å². The molecule has 3 N–H and O–H groups in total. The fourth-order valence-corrected chi connectivity index (χ4v) is 4.94. The van der Waals surface area contributed by atoms with E-state index in [0.29, 0.717) is 11.4 Å². The SMILES string of the molecule is Cc1ccc(N(C(=O)C[C@H](C)C(=O)O)c2nccc(N(C)c3ccc4c(C)n(C)nc4c3)n2)cc1S(N)(=O)=O. The van der Waals surface area contributed by atoms with Gasteiger partial charge in [0, 0.05) is 43.5 Å². The number of nitrogens with zero attached hydrogens (tertiary/aromatic N) is 6. The van der Waals surface area contributed by atoms with Gasteiger partial charge < -0.3 is 10.0 Å². The molecule has 13 heteroatoms. The van der Waals surface area contributed by atoms with E-state index in [1.54, 1.807) is 29.6 Å². The molecule has 0 fully saturated rings. The van der Waals surface area contributed by atoms with Gasteiger partial charge in [0.1, 0.15) is 5.82 Å². The highest BCUT2D eigenvalue weighted by atomic mass is 32.2. The minimum absolute atomic E-state index is 0.0547. The minimum Gasteiger partial charge on any atom is -0.481 e. The second-order valence-electron chi connectivity index (χ2n) is 9.35. The summed E-state index contributed by atoms with van der Waals surface area (Å²) in [6.45, 7) is 4.97. The molecule has 0 aliphatic carbocycles. The third-order valence-electron chi connectivity index (χ3n) is 6.56. The van der Waals surface area contributed by atoms with Crippen molar-refractivity contribution in [3.05, 3.63) is 59.9 Å². The Morgan fingerprint density at radius 1 is 1.10 bits per heavy atom. The molecule has 0 unspecified atom stereocenters. The summed E-state index contributed by atoms with van der Waals surface area (Å²) in [4.78, 5) is 36.5. The molecule has 2 aromatic heterocycles. The molecule has 2 aromatic carbocycles. The van der Waals surface area contributed by atoms with Crippen LogP contribution in [0.25, 0.3) is 10.9 Å². The van der Waals surface area contributed by atoms with Gasteiger partial charge in [-0.15, -0.1) is 0 Å². The van der Waals surface area contributed by atoms with Crippen molar-refractivity contribution in [2.24, 2.45) is 18.1 Å². The normalized spacial score (nSPS) is 12.4. The van der Waals surface area contributed by atoms with Gasteiger partial charge in [-0.25, -0.2) is 23.4 Å². The molecule has 204 valence electrons. The molecule has 0 spiro atoms. The topological polar surface area (TPSA) is 165 Å². The van der Waals surface area contributed by atoms with Crippen LogP contribution >= 0.6 is 0 Å². The molecule has 1 atom stereocenters. The molecule has 0 radical (unpaired) electrons. The lowest BCUT2D eigenvalue weighted by Gasteiger charge is -2.24. The van der Waals surface area contributed by atoms with E-state index < -0.39 is 27.8 Å². The second-order valence-corrected chi connectivity index (χ2v) is 10.9. The number of fused-ring (bicyclic) bond motifs is 1. The van der Waals surface area contributed by atoms with E-state index >= 15 is 0 Å². The number of carbonyl (C=O) groups is 2. The number of hydrogen-bond acceptors (Lipinski definition) is 8. The monoisotopic (exact) mass is 551 g/mol. The Labute approximate surface area is 225 Å². The van der Waals surface area contributed by atoms with Gasteiger partial charge in [0.2, 0.25) is 21.9 Å². The average molecular weight is 552 g/mol. The lowest BCUT2D eigenvalue weighted by molar-refractivity contribution is -0.142. The summed E-state index contributed by atoms with van der Waals surface area (Å²) in [5.41, 5.74) is 3.16. The number of amides is 1. The fraction of sp³-hybridized carbons (Fsp3) is 0.269. The molecule has 4 rings (SSSR count). The number of hydrogen-bond donors (Lipinski definition) is 2. The maximum atomic E-state index is 13.4. The Morgan fingerprint density at radius 3 is 2.46 bits per heavy atom. The molecule has 0 aliphatic rings. The highest BCUT2D eigenvalue weighted by Crippen LogP contribution is 2.31. The molecule has 0 bridgehead atoms. The molecule has 4 aromatic rings. The van der Waals surface area contributed by atoms with E-state index in [1.165, 1.54) is 31.3 Å². The molecule has 2 heterocycles. The van der Waals surface area contributed by atoms with Crippen molar-refractivity contribution in [2.75, 3.05) is 16.8 Å². The number of carboxylic acid groups (broad SMARTS) is 1. The first-order valence-electron chi connectivity index (χ1n) is 12.0. The van der Waals surface area contributed by atoms with Crippen molar-refractivity contribution < 1.29 is 23.1 Å². The van der Waals surface area contributed by atoms with Crippen LogP contribution in [0.2, 0.25) is 0 Å². The Kier molecular flexibility index (Phi) is 7.39. The first kappa shape index (κ1) is 27.7. The van der Waals surface area contributed by atoms with Crippen LogP contribution < -0.4 is 14.9 Å². The Morgan fingerprint density at radius 2 is 1.79 bits per heavy atom. The number of benzene rings is 2. The number of carboxylic acids is 1. The van der Waals surface area contributed by atoms with Crippen LogP contribution in [0.5, 0.6) is 0 Å². The van der Waals surface area contributed by atoms with Gasteiger partial charge in [-0.05, 0) is 55.8 Å². The zero-order chi connectivity index (χ0) is 28.6. The molecule has 0 aliphatic heterocycles. The first-order valence-corrected chi connectivity index (χ1v) is 13.5. The van der Waals surface area contributed by atoms with E-state index in [9.17, 15) is 23.1 Å². The van der Waals surface area contributed by atoms with E-state index in [4.69, 9.17) is 5.14 Å². The smallest absolute Gasteiger partial charge is 0.306 e. The zero-order valence-corrected chi connectivity index (χ0v) is 23.0. The molecule has 1 amide bonds. The number of rotatable bonds is 8. The predicted molar refractivity (Wildman–Crippen MR) is 147 cm³/mol. The van der Waals surface area contributed by atoms with Crippen LogP contribution in [0.15, 0.2) is 53.6 Å². The maximum absolute atomic E-state index is 13.4. The number of primary sulfonamides is 1. The summed E-state index contributed by atoms with van der Waals surface area (Å²) < 4.78 is 26.1. The number of carbonyl (C=O) groups excluding carboxylic acids is 1. The number of nitrogens with two attached hydrogens (primary N) is 1. The minimum atomic E-state index is -4.10. The van der Waals surface area contributed by atoms with E-state index in [2.05, 4.69) is 15.1 Å². The number of anilines is 4. The Hall–Kier alpha value is -4.36. The number of aromatic nitrogens is 4. The summed E-state index contributed by atoms with van der Waals surface area (Å²) in [5, 5.41) is 20.3. The third kappa shape index (κ3) is 5.59. The quantitative estimate of drug-likeness (QED) is 0.334. The lowest BCUT2D eigenvalue weighted by atomic mass is 10.1. The van der Waals surface area contributed by atoms with Gasteiger partial charge in [-0.1, -0.05) is 13.0 Å². The predicted octanol–water partition coefficient (Wildman–Crippen LogP) is 3.17. The summed E-state index contributed by atoms with van der Waals surface area (Å²) in [6, 6.07) is 11.8. The Balaban J connectivity index is 1.79. The van der Waals surface area contributed by atoms with Gasteiger partial charge in [0.25, 0.3) is 0 Å². The summed E-state index contributed by atoms with van der Waals surface area (Å²) in [5.74, 6) is -2.38. The van der Waals surface area contributed by atoms with E-state index in [0.717, 1.165) is 27.2 Å². The number of sulfonamides is 1. The molecule has 0 saturated heterocycles. The van der Waals surface area contributed by atoms with Crippen LogP contribution in [-0.2, 0) is 26.7 Å².